The van der Waals surface area contributed by atoms with E-state index in [1.807, 2.05) is 17.9 Å². The first-order valence-electron chi connectivity index (χ1n) is 7.39. The summed E-state index contributed by atoms with van der Waals surface area (Å²) in [5.41, 5.74) is 1.69. The Balaban J connectivity index is 1.77. The van der Waals surface area contributed by atoms with Crippen molar-refractivity contribution < 1.29 is 9.90 Å². The third kappa shape index (κ3) is 2.40. The van der Waals surface area contributed by atoms with Crippen molar-refractivity contribution in [2.24, 2.45) is 5.41 Å². The van der Waals surface area contributed by atoms with Crippen LogP contribution in [0.25, 0.3) is 0 Å². The lowest BCUT2D eigenvalue weighted by atomic mass is 9.80. The van der Waals surface area contributed by atoms with Gasteiger partial charge in [0.25, 0.3) is 5.91 Å². The SMILES string of the molecule is Cc1ccc(O)c(C(=O)N2CCC3(CCCNC3)C2)c1. The number of phenolic OH excluding ortho intramolecular Hbond substituents is 1. The molecule has 3 rings (SSSR count). The summed E-state index contributed by atoms with van der Waals surface area (Å²) in [6.45, 7) is 5.65. The van der Waals surface area contributed by atoms with Crippen molar-refractivity contribution in [1.29, 1.82) is 0 Å². The molecule has 0 aromatic heterocycles. The molecule has 4 nitrogen and oxygen atoms in total. The van der Waals surface area contributed by atoms with E-state index in [0.29, 0.717) is 5.56 Å². The van der Waals surface area contributed by atoms with Crippen LogP contribution in [0, 0.1) is 12.3 Å². The molecule has 2 aliphatic rings. The molecule has 1 aromatic rings. The van der Waals surface area contributed by atoms with E-state index in [4.69, 9.17) is 0 Å². The highest BCUT2D eigenvalue weighted by Gasteiger charge is 2.41. The van der Waals surface area contributed by atoms with Crippen LogP contribution in [0.5, 0.6) is 5.75 Å². The average Bonchev–Trinajstić information content (AvgIpc) is 2.85. The van der Waals surface area contributed by atoms with Crippen LogP contribution in [0.3, 0.4) is 0 Å². The molecule has 0 bridgehead atoms. The van der Waals surface area contributed by atoms with E-state index in [-0.39, 0.29) is 17.1 Å². The van der Waals surface area contributed by atoms with Gasteiger partial charge in [-0.2, -0.15) is 0 Å². The van der Waals surface area contributed by atoms with E-state index in [0.717, 1.165) is 38.2 Å². The molecule has 1 amide bonds. The van der Waals surface area contributed by atoms with Gasteiger partial charge in [0.1, 0.15) is 5.75 Å². The predicted molar refractivity (Wildman–Crippen MR) is 77.9 cm³/mol. The molecule has 2 aliphatic heterocycles. The number of nitrogens with one attached hydrogen (secondary N) is 1. The van der Waals surface area contributed by atoms with Crippen molar-refractivity contribution in [1.82, 2.24) is 10.2 Å². The molecule has 2 fully saturated rings. The van der Waals surface area contributed by atoms with Crippen LogP contribution in [-0.4, -0.2) is 42.1 Å². The predicted octanol–water partition coefficient (Wildman–Crippen LogP) is 1.92. The Morgan fingerprint density at radius 1 is 1.40 bits per heavy atom. The van der Waals surface area contributed by atoms with E-state index >= 15 is 0 Å². The average molecular weight is 274 g/mol. The molecule has 1 spiro atoms. The van der Waals surface area contributed by atoms with Crippen LogP contribution in [0.4, 0.5) is 0 Å². The van der Waals surface area contributed by atoms with Gasteiger partial charge >= 0.3 is 0 Å². The van der Waals surface area contributed by atoms with E-state index in [1.54, 1.807) is 12.1 Å². The minimum atomic E-state index is -0.0337. The normalized spacial score (nSPS) is 26.1. The molecule has 0 saturated carbocycles. The number of aryl methyl sites for hydroxylation is 1. The number of benzene rings is 1. The molecule has 1 atom stereocenters. The summed E-state index contributed by atoms with van der Waals surface area (Å²) < 4.78 is 0. The third-order valence-corrected chi connectivity index (χ3v) is 4.67. The maximum atomic E-state index is 12.6. The number of rotatable bonds is 1. The van der Waals surface area contributed by atoms with Crippen LogP contribution in [-0.2, 0) is 0 Å². The van der Waals surface area contributed by atoms with Gasteiger partial charge in [-0.3, -0.25) is 4.79 Å². The molecule has 2 saturated heterocycles. The Kier molecular flexibility index (Phi) is 3.42. The summed E-state index contributed by atoms with van der Waals surface area (Å²) in [6, 6.07) is 5.21. The number of carbonyl (C=O) groups excluding carboxylic acids is 1. The lowest BCUT2D eigenvalue weighted by molar-refractivity contribution is 0.0761. The summed E-state index contributed by atoms with van der Waals surface area (Å²) in [6.07, 6.45) is 3.46. The first-order chi connectivity index (χ1) is 9.60. The second-order valence-electron chi connectivity index (χ2n) is 6.28. The number of likely N-dealkylation sites (tertiary alicyclic amines) is 1. The van der Waals surface area contributed by atoms with Gasteiger partial charge in [0.05, 0.1) is 5.56 Å². The monoisotopic (exact) mass is 274 g/mol. The number of aromatic hydroxyl groups is 1. The lowest BCUT2D eigenvalue weighted by Gasteiger charge is -2.33. The summed E-state index contributed by atoms with van der Waals surface area (Å²) in [5.74, 6) is 0.0527. The first-order valence-corrected chi connectivity index (χ1v) is 7.39. The van der Waals surface area contributed by atoms with Crippen molar-refractivity contribution in [2.45, 2.75) is 26.2 Å². The second-order valence-corrected chi connectivity index (χ2v) is 6.28. The van der Waals surface area contributed by atoms with Gasteiger partial charge in [-0.25, -0.2) is 0 Å². The maximum Gasteiger partial charge on any atom is 0.257 e. The zero-order chi connectivity index (χ0) is 14.2. The van der Waals surface area contributed by atoms with Crippen molar-refractivity contribution in [3.8, 4) is 5.75 Å². The molecule has 0 aliphatic carbocycles. The Hall–Kier alpha value is -1.55. The van der Waals surface area contributed by atoms with Gasteiger partial charge in [-0.1, -0.05) is 11.6 Å². The molecule has 20 heavy (non-hydrogen) atoms. The van der Waals surface area contributed by atoms with Crippen LogP contribution < -0.4 is 5.32 Å². The standard InChI is InChI=1S/C16H22N2O2/c1-12-3-4-14(19)13(9-12)15(20)18-8-6-16(11-18)5-2-7-17-10-16/h3-4,9,17,19H,2,5-8,10-11H2,1H3. The first kappa shape index (κ1) is 13.4. The zero-order valence-electron chi connectivity index (χ0n) is 12.0. The number of piperidine rings is 1. The molecule has 2 N–H and O–H groups in total. The van der Waals surface area contributed by atoms with Crippen LogP contribution in [0.15, 0.2) is 18.2 Å². The molecule has 4 heteroatoms. The van der Waals surface area contributed by atoms with Crippen LogP contribution >= 0.6 is 0 Å². The molecule has 1 aromatic carbocycles. The molecule has 0 radical (unpaired) electrons. The van der Waals surface area contributed by atoms with Crippen molar-refractivity contribution in [3.05, 3.63) is 29.3 Å². The molecule has 1 unspecified atom stereocenters. The molecular formula is C16H22N2O2. The highest BCUT2D eigenvalue weighted by Crippen LogP contribution is 2.37. The molecule has 108 valence electrons. The number of phenols is 1. The van der Waals surface area contributed by atoms with Gasteiger partial charge < -0.3 is 15.3 Å². The fraction of sp³-hybridized carbons (Fsp3) is 0.562. The maximum absolute atomic E-state index is 12.6. The summed E-state index contributed by atoms with van der Waals surface area (Å²) in [4.78, 5) is 14.5. The second kappa shape index (κ2) is 5.09. The van der Waals surface area contributed by atoms with Gasteiger partial charge in [0.2, 0.25) is 0 Å². The summed E-state index contributed by atoms with van der Waals surface area (Å²) >= 11 is 0. The van der Waals surface area contributed by atoms with E-state index < -0.39 is 0 Å². The minimum absolute atomic E-state index is 0.0337. The highest BCUT2D eigenvalue weighted by atomic mass is 16.3. The number of hydrogen-bond acceptors (Lipinski definition) is 3. The van der Waals surface area contributed by atoms with Crippen molar-refractivity contribution >= 4 is 5.91 Å². The molecule has 2 heterocycles. The van der Waals surface area contributed by atoms with Gasteiger partial charge in [0.15, 0.2) is 0 Å². The quantitative estimate of drug-likeness (QED) is 0.822. The van der Waals surface area contributed by atoms with Crippen LogP contribution in [0.2, 0.25) is 0 Å². The Labute approximate surface area is 119 Å². The van der Waals surface area contributed by atoms with Gasteiger partial charge in [-0.15, -0.1) is 0 Å². The smallest absolute Gasteiger partial charge is 0.257 e. The Bertz CT molecular complexity index is 521. The number of carbonyl (C=O) groups is 1. The van der Waals surface area contributed by atoms with E-state index in [9.17, 15) is 9.90 Å². The summed E-state index contributed by atoms with van der Waals surface area (Å²) in [5, 5.41) is 13.4. The molecular weight excluding hydrogens is 252 g/mol. The van der Waals surface area contributed by atoms with Crippen molar-refractivity contribution in [3.63, 3.8) is 0 Å². The fourth-order valence-corrected chi connectivity index (χ4v) is 3.48. The zero-order valence-corrected chi connectivity index (χ0v) is 12.0. The number of amides is 1. The van der Waals surface area contributed by atoms with Gasteiger partial charge in [0, 0.05) is 25.0 Å². The fourth-order valence-electron chi connectivity index (χ4n) is 3.48. The largest absolute Gasteiger partial charge is 0.507 e. The lowest BCUT2D eigenvalue weighted by Crippen LogP contribution is -2.42. The van der Waals surface area contributed by atoms with E-state index in [2.05, 4.69) is 5.32 Å². The van der Waals surface area contributed by atoms with Crippen LogP contribution in [0.1, 0.15) is 35.2 Å². The summed E-state index contributed by atoms with van der Waals surface area (Å²) in [7, 11) is 0. The minimum Gasteiger partial charge on any atom is -0.507 e. The van der Waals surface area contributed by atoms with Gasteiger partial charge in [-0.05, 0) is 44.9 Å². The Morgan fingerprint density at radius 3 is 3.00 bits per heavy atom. The Morgan fingerprint density at radius 2 is 2.25 bits per heavy atom. The highest BCUT2D eigenvalue weighted by molar-refractivity contribution is 5.97. The topological polar surface area (TPSA) is 52.6 Å². The van der Waals surface area contributed by atoms with E-state index in [1.165, 1.54) is 12.8 Å². The third-order valence-electron chi connectivity index (χ3n) is 4.67. The number of hydrogen-bond donors (Lipinski definition) is 2. The number of nitrogens with zero attached hydrogens (tertiary/aromatic N) is 1. The van der Waals surface area contributed by atoms with Crippen molar-refractivity contribution in [2.75, 3.05) is 26.2 Å².